The summed E-state index contributed by atoms with van der Waals surface area (Å²) in [4.78, 5) is 16.0. The molecular formula is C27H26O4S2. The lowest BCUT2D eigenvalue weighted by atomic mass is 10.3. The molecule has 0 aliphatic heterocycles. The maximum absolute atomic E-state index is 11.3. The zero-order valence-corrected chi connectivity index (χ0v) is 20.1. The summed E-state index contributed by atoms with van der Waals surface area (Å²) in [6.07, 6.45) is 2.05. The average Bonchev–Trinajstić information content (AvgIpc) is 2.82. The predicted octanol–water partition coefficient (Wildman–Crippen LogP) is 7.40. The van der Waals surface area contributed by atoms with E-state index in [0.29, 0.717) is 25.2 Å². The standard InChI is InChI=1S/C27H26O4S2/c1-4-29-21-6-10-23(11-7-21)32-25-14-16-26(17-15-25)33-24-12-8-22(9-13-24)30-18-5-19-31-27(28)20(2)3/h4,6-17H,1-2,5,18-19H2,3H3. The Morgan fingerprint density at radius 3 is 1.70 bits per heavy atom. The van der Waals surface area contributed by atoms with Crippen LogP contribution in [0.25, 0.3) is 0 Å². The summed E-state index contributed by atoms with van der Waals surface area (Å²) in [6.45, 7) is 9.56. The maximum Gasteiger partial charge on any atom is 0.333 e. The van der Waals surface area contributed by atoms with E-state index in [4.69, 9.17) is 14.2 Å². The van der Waals surface area contributed by atoms with Crippen molar-refractivity contribution in [3.63, 3.8) is 0 Å². The molecule has 170 valence electrons. The van der Waals surface area contributed by atoms with Crippen LogP contribution in [0.5, 0.6) is 11.5 Å². The van der Waals surface area contributed by atoms with Crippen LogP contribution in [-0.2, 0) is 9.53 Å². The van der Waals surface area contributed by atoms with Crippen LogP contribution in [0.15, 0.2) is 117 Å². The van der Waals surface area contributed by atoms with Crippen LogP contribution in [-0.4, -0.2) is 19.2 Å². The van der Waals surface area contributed by atoms with Crippen LogP contribution >= 0.6 is 23.5 Å². The van der Waals surface area contributed by atoms with Crippen molar-refractivity contribution in [2.45, 2.75) is 32.9 Å². The van der Waals surface area contributed by atoms with Gasteiger partial charge < -0.3 is 14.2 Å². The zero-order valence-electron chi connectivity index (χ0n) is 18.5. The Kier molecular flexibility index (Phi) is 9.54. The second kappa shape index (κ2) is 12.8. The van der Waals surface area contributed by atoms with Gasteiger partial charge in [0.15, 0.2) is 0 Å². The largest absolute Gasteiger partial charge is 0.493 e. The van der Waals surface area contributed by atoms with E-state index in [2.05, 4.69) is 37.4 Å². The molecule has 4 nitrogen and oxygen atoms in total. The highest BCUT2D eigenvalue weighted by atomic mass is 32.2. The molecule has 3 rings (SSSR count). The minimum atomic E-state index is -0.365. The van der Waals surface area contributed by atoms with Gasteiger partial charge in [-0.2, -0.15) is 0 Å². The van der Waals surface area contributed by atoms with Crippen molar-refractivity contribution < 1.29 is 19.0 Å². The first kappa shape index (κ1) is 24.6. The molecule has 0 radical (unpaired) electrons. The van der Waals surface area contributed by atoms with Crippen LogP contribution in [0.4, 0.5) is 0 Å². The molecular weight excluding hydrogens is 452 g/mol. The molecule has 0 atom stereocenters. The predicted molar refractivity (Wildman–Crippen MR) is 134 cm³/mol. The Labute approximate surface area is 203 Å². The molecule has 0 bridgehead atoms. The van der Waals surface area contributed by atoms with Crippen molar-refractivity contribution >= 4 is 29.5 Å². The third-order valence-corrected chi connectivity index (χ3v) is 6.33. The summed E-state index contributed by atoms with van der Waals surface area (Å²) in [7, 11) is 0. The number of carbonyl (C=O) groups is 1. The summed E-state index contributed by atoms with van der Waals surface area (Å²) < 4.78 is 16.0. The molecule has 0 saturated heterocycles. The van der Waals surface area contributed by atoms with Crippen LogP contribution in [0.1, 0.15) is 13.3 Å². The Morgan fingerprint density at radius 2 is 1.24 bits per heavy atom. The van der Waals surface area contributed by atoms with Crippen LogP contribution in [0.2, 0.25) is 0 Å². The van der Waals surface area contributed by atoms with Gasteiger partial charge in [-0.3, -0.25) is 0 Å². The van der Waals surface area contributed by atoms with E-state index in [0.717, 1.165) is 21.3 Å². The monoisotopic (exact) mass is 478 g/mol. The van der Waals surface area contributed by atoms with Crippen molar-refractivity contribution in [2.24, 2.45) is 0 Å². The van der Waals surface area contributed by atoms with Crippen LogP contribution in [0.3, 0.4) is 0 Å². The molecule has 0 aliphatic rings. The van der Waals surface area contributed by atoms with Gasteiger partial charge in [0.25, 0.3) is 0 Å². The fourth-order valence-corrected chi connectivity index (χ4v) is 4.30. The second-order valence-corrected chi connectivity index (χ2v) is 9.31. The molecule has 33 heavy (non-hydrogen) atoms. The van der Waals surface area contributed by atoms with Crippen molar-refractivity contribution in [3.8, 4) is 11.5 Å². The lowest BCUT2D eigenvalue weighted by Gasteiger charge is -2.08. The number of carbonyl (C=O) groups excluding carboxylic acids is 1. The lowest BCUT2D eigenvalue weighted by Crippen LogP contribution is -2.09. The van der Waals surface area contributed by atoms with Gasteiger partial charge in [-0.05, 0) is 79.7 Å². The van der Waals surface area contributed by atoms with Gasteiger partial charge >= 0.3 is 5.97 Å². The first-order valence-electron chi connectivity index (χ1n) is 10.4. The van der Waals surface area contributed by atoms with E-state index in [1.54, 1.807) is 30.4 Å². The summed E-state index contributed by atoms with van der Waals surface area (Å²) in [6, 6.07) is 24.4. The number of rotatable bonds is 12. The van der Waals surface area contributed by atoms with E-state index in [9.17, 15) is 4.79 Å². The zero-order chi connectivity index (χ0) is 23.5. The Balaban J connectivity index is 1.43. The van der Waals surface area contributed by atoms with E-state index in [1.165, 1.54) is 16.1 Å². The van der Waals surface area contributed by atoms with Crippen LogP contribution < -0.4 is 9.47 Å². The third kappa shape index (κ3) is 8.40. The highest BCUT2D eigenvalue weighted by Crippen LogP contribution is 2.33. The maximum atomic E-state index is 11.3. The molecule has 0 heterocycles. The summed E-state index contributed by atoms with van der Waals surface area (Å²) >= 11 is 3.41. The lowest BCUT2D eigenvalue weighted by molar-refractivity contribution is -0.139. The van der Waals surface area contributed by atoms with Gasteiger partial charge in [-0.15, -0.1) is 0 Å². The van der Waals surface area contributed by atoms with Crippen molar-refractivity contribution in [1.82, 2.24) is 0 Å². The fraction of sp³-hybridized carbons (Fsp3) is 0.148. The minimum absolute atomic E-state index is 0.322. The third-order valence-electron chi connectivity index (χ3n) is 4.30. The van der Waals surface area contributed by atoms with E-state index < -0.39 is 0 Å². The van der Waals surface area contributed by atoms with Crippen molar-refractivity contribution in [3.05, 3.63) is 97.8 Å². The smallest absolute Gasteiger partial charge is 0.333 e. The SMILES string of the molecule is C=COc1ccc(Sc2ccc(Sc3ccc(OCCCOC(=O)C(=C)C)cc3)cc2)cc1. The number of hydrogen-bond acceptors (Lipinski definition) is 6. The van der Waals surface area contributed by atoms with E-state index in [-0.39, 0.29) is 5.97 Å². The van der Waals surface area contributed by atoms with Gasteiger partial charge in [-0.25, -0.2) is 4.79 Å². The topological polar surface area (TPSA) is 44.8 Å². The quantitative estimate of drug-likeness (QED) is 0.117. The molecule has 0 amide bonds. The van der Waals surface area contributed by atoms with Gasteiger partial charge in [0.05, 0.1) is 19.5 Å². The molecule has 0 N–H and O–H groups in total. The highest BCUT2D eigenvalue weighted by molar-refractivity contribution is 7.99. The Hall–Kier alpha value is -3.09. The second-order valence-electron chi connectivity index (χ2n) is 7.02. The molecule has 0 aromatic heterocycles. The summed E-state index contributed by atoms with van der Waals surface area (Å²) in [5, 5.41) is 0. The van der Waals surface area contributed by atoms with Gasteiger partial charge in [0.1, 0.15) is 11.5 Å². The van der Waals surface area contributed by atoms with Crippen molar-refractivity contribution in [2.75, 3.05) is 13.2 Å². The molecule has 0 spiro atoms. The number of ether oxygens (including phenoxy) is 3. The summed E-state index contributed by atoms with van der Waals surface area (Å²) in [5.74, 6) is 1.21. The molecule has 3 aromatic rings. The highest BCUT2D eigenvalue weighted by Gasteiger charge is 2.04. The van der Waals surface area contributed by atoms with E-state index >= 15 is 0 Å². The van der Waals surface area contributed by atoms with Gasteiger partial charge in [0.2, 0.25) is 0 Å². The average molecular weight is 479 g/mol. The molecule has 0 saturated carbocycles. The first-order chi connectivity index (χ1) is 16.0. The number of esters is 1. The normalized spacial score (nSPS) is 10.3. The molecule has 0 unspecified atom stereocenters. The summed E-state index contributed by atoms with van der Waals surface area (Å²) in [5.41, 5.74) is 0.405. The molecule has 0 aliphatic carbocycles. The first-order valence-corrected chi connectivity index (χ1v) is 12.1. The molecule has 6 heteroatoms. The number of benzene rings is 3. The van der Waals surface area contributed by atoms with Crippen LogP contribution in [0, 0.1) is 0 Å². The van der Waals surface area contributed by atoms with Gasteiger partial charge in [-0.1, -0.05) is 36.7 Å². The van der Waals surface area contributed by atoms with Crippen molar-refractivity contribution in [1.29, 1.82) is 0 Å². The Morgan fingerprint density at radius 1 is 0.788 bits per heavy atom. The Bertz CT molecular complexity index is 1060. The molecule has 3 aromatic carbocycles. The molecule has 0 fully saturated rings. The fourth-order valence-electron chi connectivity index (χ4n) is 2.67. The van der Waals surface area contributed by atoms with Gasteiger partial charge in [0, 0.05) is 31.6 Å². The van der Waals surface area contributed by atoms with E-state index in [1.807, 2.05) is 48.5 Å². The minimum Gasteiger partial charge on any atom is -0.493 e. The number of hydrogen-bond donors (Lipinski definition) is 0.